The zero-order valence-corrected chi connectivity index (χ0v) is 14.9. The lowest BCUT2D eigenvalue weighted by Crippen LogP contribution is -2.24. The Hall–Kier alpha value is -1.71. The maximum absolute atomic E-state index is 6.06. The van der Waals surface area contributed by atoms with E-state index < -0.39 is 0 Å². The van der Waals surface area contributed by atoms with Crippen LogP contribution in [-0.4, -0.2) is 38.8 Å². The molecule has 3 nitrogen and oxygen atoms in total. The number of likely N-dealkylation sites (N-methyl/N-ethyl adjacent to an activating group) is 1. The fourth-order valence-electron chi connectivity index (χ4n) is 2.45. The summed E-state index contributed by atoms with van der Waals surface area (Å²) in [6.45, 7) is 4.20. The average Bonchev–Trinajstić information content (AvgIpc) is 2.53. The van der Waals surface area contributed by atoms with Crippen molar-refractivity contribution in [1.82, 2.24) is 4.90 Å². The smallest absolute Gasteiger partial charge is 0.161 e. The molecule has 1 unspecified atom stereocenters. The van der Waals surface area contributed by atoms with Crippen LogP contribution in [0.2, 0.25) is 0 Å². The Morgan fingerprint density at radius 2 is 1.43 bits per heavy atom. The van der Waals surface area contributed by atoms with E-state index in [1.807, 2.05) is 37.3 Å². The van der Waals surface area contributed by atoms with Gasteiger partial charge >= 0.3 is 0 Å². The van der Waals surface area contributed by atoms with E-state index in [-0.39, 0.29) is 12.4 Å². The van der Waals surface area contributed by atoms with E-state index >= 15 is 0 Å². The summed E-state index contributed by atoms with van der Waals surface area (Å²) in [5, 5.41) is 0. The molecule has 0 aliphatic rings. The van der Waals surface area contributed by atoms with Crippen molar-refractivity contribution in [2.24, 2.45) is 0 Å². The van der Waals surface area contributed by atoms with Gasteiger partial charge in [-0.05, 0) is 38.7 Å². The predicted molar refractivity (Wildman–Crippen MR) is 98.1 cm³/mol. The molecule has 0 bridgehead atoms. The zero-order chi connectivity index (χ0) is 15.8. The van der Waals surface area contributed by atoms with E-state index in [1.165, 1.54) is 5.56 Å². The number of ether oxygens (including phenoxy) is 2. The minimum absolute atomic E-state index is 0. The molecular weight excluding hydrogens is 310 g/mol. The molecular formula is C19H26ClNO2. The van der Waals surface area contributed by atoms with E-state index in [1.54, 1.807) is 0 Å². The second kappa shape index (κ2) is 10.1. The lowest BCUT2D eigenvalue weighted by atomic mass is 10.00. The Balaban J connectivity index is 0.00000264. The number of nitrogens with zero attached hydrogens (tertiary/aromatic N) is 1. The first kappa shape index (κ1) is 19.3. The van der Waals surface area contributed by atoms with Crippen LogP contribution in [0.4, 0.5) is 0 Å². The molecule has 1 atom stereocenters. The minimum atomic E-state index is 0. The Morgan fingerprint density at radius 1 is 0.870 bits per heavy atom. The molecule has 2 rings (SSSR count). The van der Waals surface area contributed by atoms with Crippen molar-refractivity contribution < 1.29 is 9.47 Å². The zero-order valence-electron chi connectivity index (χ0n) is 14.1. The number of hydrogen-bond donors (Lipinski definition) is 0. The first-order valence-corrected chi connectivity index (χ1v) is 7.75. The standard InChI is InChI=1S/C19H25NO2.ClH/c1-4-21-18-12-8-9-13-19(18)22-15-17(14-20(2)3)16-10-6-5-7-11-16;/h5-13,17H,4,14-15H2,1-3H3;1H. The molecule has 0 fully saturated rings. The number of benzene rings is 2. The van der Waals surface area contributed by atoms with Gasteiger partial charge in [0.25, 0.3) is 0 Å². The molecule has 2 aromatic rings. The SMILES string of the molecule is CCOc1ccccc1OCC(CN(C)C)c1ccccc1.Cl. The Kier molecular flexibility index (Phi) is 8.52. The van der Waals surface area contributed by atoms with Crippen molar-refractivity contribution in [1.29, 1.82) is 0 Å². The monoisotopic (exact) mass is 335 g/mol. The predicted octanol–water partition coefficient (Wildman–Crippen LogP) is 4.23. The summed E-state index contributed by atoms with van der Waals surface area (Å²) < 4.78 is 11.7. The van der Waals surface area contributed by atoms with Gasteiger partial charge in [0.2, 0.25) is 0 Å². The van der Waals surface area contributed by atoms with E-state index in [0.717, 1.165) is 18.0 Å². The van der Waals surface area contributed by atoms with E-state index in [2.05, 4.69) is 43.3 Å². The average molecular weight is 336 g/mol. The van der Waals surface area contributed by atoms with Gasteiger partial charge in [-0.2, -0.15) is 0 Å². The van der Waals surface area contributed by atoms with E-state index in [9.17, 15) is 0 Å². The summed E-state index contributed by atoms with van der Waals surface area (Å²) in [5.74, 6) is 1.94. The van der Waals surface area contributed by atoms with Crippen molar-refractivity contribution in [2.45, 2.75) is 12.8 Å². The van der Waals surface area contributed by atoms with Crippen LogP contribution in [0.5, 0.6) is 11.5 Å². The molecule has 0 saturated heterocycles. The molecule has 0 heterocycles. The molecule has 0 N–H and O–H groups in total. The number of para-hydroxylation sites is 2. The van der Waals surface area contributed by atoms with Crippen LogP contribution in [0.15, 0.2) is 54.6 Å². The van der Waals surface area contributed by atoms with Crippen LogP contribution in [0.25, 0.3) is 0 Å². The summed E-state index contributed by atoms with van der Waals surface area (Å²) in [6, 6.07) is 18.4. The molecule has 0 spiro atoms. The van der Waals surface area contributed by atoms with Gasteiger partial charge in [-0.25, -0.2) is 0 Å². The summed E-state index contributed by atoms with van der Waals surface area (Å²) >= 11 is 0. The number of rotatable bonds is 8. The Morgan fingerprint density at radius 3 is 2.00 bits per heavy atom. The van der Waals surface area contributed by atoms with Crippen LogP contribution in [-0.2, 0) is 0 Å². The second-order valence-corrected chi connectivity index (χ2v) is 5.56. The van der Waals surface area contributed by atoms with Crippen molar-refractivity contribution in [3.63, 3.8) is 0 Å². The lowest BCUT2D eigenvalue weighted by Gasteiger charge is -2.22. The maximum Gasteiger partial charge on any atom is 0.161 e. The Labute approximate surface area is 145 Å². The highest BCUT2D eigenvalue weighted by Gasteiger charge is 2.14. The van der Waals surface area contributed by atoms with Gasteiger partial charge < -0.3 is 14.4 Å². The molecule has 0 aliphatic heterocycles. The first-order chi connectivity index (χ1) is 10.7. The van der Waals surface area contributed by atoms with Gasteiger partial charge in [-0.3, -0.25) is 0 Å². The van der Waals surface area contributed by atoms with Crippen molar-refractivity contribution in [3.8, 4) is 11.5 Å². The van der Waals surface area contributed by atoms with Gasteiger partial charge in [0.15, 0.2) is 11.5 Å². The van der Waals surface area contributed by atoms with Crippen LogP contribution >= 0.6 is 12.4 Å². The molecule has 0 saturated carbocycles. The van der Waals surface area contributed by atoms with Crippen LogP contribution in [0, 0.1) is 0 Å². The number of halogens is 1. The quantitative estimate of drug-likeness (QED) is 0.720. The van der Waals surface area contributed by atoms with Gasteiger partial charge in [-0.15, -0.1) is 12.4 Å². The highest BCUT2D eigenvalue weighted by molar-refractivity contribution is 5.85. The summed E-state index contributed by atoms with van der Waals surface area (Å²) in [7, 11) is 4.17. The molecule has 4 heteroatoms. The molecule has 0 aliphatic carbocycles. The molecule has 23 heavy (non-hydrogen) atoms. The highest BCUT2D eigenvalue weighted by atomic mass is 35.5. The third kappa shape index (κ3) is 6.12. The van der Waals surface area contributed by atoms with E-state index in [0.29, 0.717) is 19.1 Å². The molecule has 126 valence electrons. The molecule has 0 aromatic heterocycles. The maximum atomic E-state index is 6.06. The Bertz CT molecular complexity index is 560. The number of hydrogen-bond acceptors (Lipinski definition) is 3. The first-order valence-electron chi connectivity index (χ1n) is 7.75. The largest absolute Gasteiger partial charge is 0.490 e. The van der Waals surface area contributed by atoms with Crippen LogP contribution in [0.1, 0.15) is 18.4 Å². The van der Waals surface area contributed by atoms with Gasteiger partial charge in [0.05, 0.1) is 13.2 Å². The lowest BCUT2D eigenvalue weighted by molar-refractivity contribution is 0.237. The molecule has 2 aromatic carbocycles. The van der Waals surface area contributed by atoms with Crippen molar-refractivity contribution >= 4 is 12.4 Å². The molecule has 0 radical (unpaired) electrons. The molecule has 0 amide bonds. The summed E-state index contributed by atoms with van der Waals surface area (Å²) in [5.41, 5.74) is 1.30. The topological polar surface area (TPSA) is 21.7 Å². The highest BCUT2D eigenvalue weighted by Crippen LogP contribution is 2.28. The van der Waals surface area contributed by atoms with Crippen LogP contribution < -0.4 is 9.47 Å². The third-order valence-electron chi connectivity index (χ3n) is 3.45. The third-order valence-corrected chi connectivity index (χ3v) is 3.45. The fourth-order valence-corrected chi connectivity index (χ4v) is 2.45. The van der Waals surface area contributed by atoms with Gasteiger partial charge in [0.1, 0.15) is 0 Å². The van der Waals surface area contributed by atoms with Crippen molar-refractivity contribution in [2.75, 3.05) is 33.9 Å². The second-order valence-electron chi connectivity index (χ2n) is 5.56. The van der Waals surface area contributed by atoms with E-state index in [4.69, 9.17) is 9.47 Å². The van der Waals surface area contributed by atoms with Crippen molar-refractivity contribution in [3.05, 3.63) is 60.2 Å². The van der Waals surface area contributed by atoms with Gasteiger partial charge in [-0.1, -0.05) is 42.5 Å². The summed E-state index contributed by atoms with van der Waals surface area (Å²) in [6.07, 6.45) is 0. The summed E-state index contributed by atoms with van der Waals surface area (Å²) in [4.78, 5) is 2.19. The van der Waals surface area contributed by atoms with Gasteiger partial charge in [0, 0.05) is 12.5 Å². The normalized spacial score (nSPS) is 11.7. The fraction of sp³-hybridized carbons (Fsp3) is 0.368. The minimum Gasteiger partial charge on any atom is -0.490 e. The van der Waals surface area contributed by atoms with Crippen LogP contribution in [0.3, 0.4) is 0 Å².